The highest BCUT2D eigenvalue weighted by molar-refractivity contribution is 7.16. The molecule has 2 nitrogen and oxygen atoms in total. The maximum absolute atomic E-state index is 9.47. The fourth-order valence-corrected chi connectivity index (χ4v) is 4.02. The Morgan fingerprint density at radius 3 is 2.62 bits per heavy atom. The second kappa shape index (κ2) is 5.83. The maximum atomic E-state index is 9.47. The van der Waals surface area contributed by atoms with Crippen molar-refractivity contribution in [2.45, 2.75) is 39.5 Å². The molecule has 2 aromatic rings. The summed E-state index contributed by atoms with van der Waals surface area (Å²) in [4.78, 5) is 6.12. The molecule has 0 N–H and O–H groups in total. The van der Waals surface area contributed by atoms with Gasteiger partial charge in [0.1, 0.15) is 11.1 Å². The molecule has 3 rings (SSSR count). The largest absolute Gasteiger partial charge is 0.241 e. The van der Waals surface area contributed by atoms with Crippen molar-refractivity contribution in [2.24, 2.45) is 4.99 Å². The second-order valence-corrected chi connectivity index (χ2v) is 6.65. The molecule has 0 unspecified atom stereocenters. The van der Waals surface area contributed by atoms with E-state index in [1.807, 2.05) is 6.92 Å². The van der Waals surface area contributed by atoms with Crippen LogP contribution in [0.3, 0.4) is 0 Å². The highest BCUT2D eigenvalue weighted by atomic mass is 32.1. The van der Waals surface area contributed by atoms with Crippen LogP contribution in [0.4, 0.5) is 5.00 Å². The van der Waals surface area contributed by atoms with Crippen molar-refractivity contribution >= 4 is 22.0 Å². The number of rotatable bonds is 2. The molecule has 0 fully saturated rings. The number of hydrogen-bond acceptors (Lipinski definition) is 3. The molecule has 3 heteroatoms. The average molecular weight is 294 g/mol. The van der Waals surface area contributed by atoms with E-state index >= 15 is 0 Å². The van der Waals surface area contributed by atoms with Crippen LogP contribution in [0.5, 0.6) is 0 Å². The van der Waals surface area contributed by atoms with Crippen LogP contribution in [0.25, 0.3) is 0 Å². The van der Waals surface area contributed by atoms with Crippen molar-refractivity contribution in [1.29, 1.82) is 5.26 Å². The fourth-order valence-electron chi connectivity index (χ4n) is 2.76. The predicted octanol–water partition coefficient (Wildman–Crippen LogP) is 4.95. The minimum atomic E-state index is 0.807. The zero-order valence-corrected chi connectivity index (χ0v) is 13.3. The van der Waals surface area contributed by atoms with Gasteiger partial charge in [-0.15, -0.1) is 11.3 Å². The van der Waals surface area contributed by atoms with Crippen LogP contribution in [-0.4, -0.2) is 5.71 Å². The van der Waals surface area contributed by atoms with Crippen molar-refractivity contribution in [3.63, 3.8) is 0 Å². The quantitative estimate of drug-likeness (QED) is 0.722. The highest BCUT2D eigenvalue weighted by Crippen LogP contribution is 2.39. The molecule has 1 aliphatic carbocycles. The van der Waals surface area contributed by atoms with Gasteiger partial charge in [0.05, 0.1) is 5.56 Å². The van der Waals surface area contributed by atoms with E-state index in [1.54, 1.807) is 11.3 Å². The zero-order valence-electron chi connectivity index (χ0n) is 12.4. The van der Waals surface area contributed by atoms with E-state index in [0.717, 1.165) is 34.7 Å². The Kier molecular flexibility index (Phi) is 3.90. The van der Waals surface area contributed by atoms with E-state index in [2.05, 4.69) is 37.3 Å². The molecule has 0 bridgehead atoms. The first kappa shape index (κ1) is 14.0. The molecule has 0 spiro atoms. The molecule has 0 amide bonds. The number of benzene rings is 1. The Labute approximate surface area is 129 Å². The summed E-state index contributed by atoms with van der Waals surface area (Å²) < 4.78 is 0. The number of aliphatic imine (C=N–C) groups is 1. The highest BCUT2D eigenvalue weighted by Gasteiger charge is 2.20. The summed E-state index contributed by atoms with van der Waals surface area (Å²) in [6, 6.07) is 10.7. The molecule has 1 aliphatic rings. The Bertz CT molecular complexity index is 730. The molecule has 21 heavy (non-hydrogen) atoms. The normalized spacial score (nSPS) is 14.6. The van der Waals surface area contributed by atoms with Gasteiger partial charge in [-0.1, -0.05) is 29.8 Å². The number of aryl methyl sites for hydroxylation is 2. The van der Waals surface area contributed by atoms with E-state index in [1.165, 1.54) is 28.8 Å². The molecular formula is C18H18N2S. The smallest absolute Gasteiger partial charge is 0.134 e. The van der Waals surface area contributed by atoms with Crippen LogP contribution in [0, 0.1) is 18.3 Å². The molecule has 106 valence electrons. The van der Waals surface area contributed by atoms with Gasteiger partial charge < -0.3 is 0 Å². The van der Waals surface area contributed by atoms with Crippen molar-refractivity contribution in [3.05, 3.63) is 51.4 Å². The molecule has 0 saturated heterocycles. The summed E-state index contributed by atoms with van der Waals surface area (Å²) in [5.74, 6) is 0. The lowest BCUT2D eigenvalue weighted by molar-refractivity contribution is 0.696. The van der Waals surface area contributed by atoms with Crippen LogP contribution < -0.4 is 0 Å². The van der Waals surface area contributed by atoms with E-state index < -0.39 is 0 Å². The summed E-state index contributed by atoms with van der Waals surface area (Å²) in [5.41, 5.74) is 5.40. The minimum Gasteiger partial charge on any atom is -0.241 e. The number of thiophene rings is 1. The number of nitriles is 1. The molecule has 0 radical (unpaired) electrons. The van der Waals surface area contributed by atoms with Gasteiger partial charge in [0.15, 0.2) is 0 Å². The van der Waals surface area contributed by atoms with E-state index in [9.17, 15) is 5.26 Å². The number of fused-ring (bicyclic) bond motifs is 1. The first-order chi connectivity index (χ1) is 10.2. The van der Waals surface area contributed by atoms with Gasteiger partial charge in [-0.3, -0.25) is 0 Å². The summed E-state index contributed by atoms with van der Waals surface area (Å²) in [6.07, 6.45) is 4.57. The maximum Gasteiger partial charge on any atom is 0.134 e. The van der Waals surface area contributed by atoms with Crippen molar-refractivity contribution < 1.29 is 0 Å². The SMILES string of the molecule is C/C(=N\c1sc2c(c1C#N)CCCC2)c1ccc(C)cc1. The van der Waals surface area contributed by atoms with Gasteiger partial charge in [0.2, 0.25) is 0 Å². The van der Waals surface area contributed by atoms with Crippen LogP contribution >= 0.6 is 11.3 Å². The summed E-state index contributed by atoms with van der Waals surface area (Å²) >= 11 is 1.70. The minimum absolute atomic E-state index is 0.807. The average Bonchev–Trinajstić information content (AvgIpc) is 2.84. The monoisotopic (exact) mass is 294 g/mol. The lowest BCUT2D eigenvalue weighted by atomic mass is 9.96. The molecule has 0 aliphatic heterocycles. The van der Waals surface area contributed by atoms with Gasteiger partial charge >= 0.3 is 0 Å². The number of nitrogens with zero attached hydrogens (tertiary/aromatic N) is 2. The lowest BCUT2D eigenvalue weighted by Crippen LogP contribution is -1.99. The topological polar surface area (TPSA) is 36.1 Å². The van der Waals surface area contributed by atoms with Crippen LogP contribution in [-0.2, 0) is 12.8 Å². The zero-order chi connectivity index (χ0) is 14.8. The van der Waals surface area contributed by atoms with Gasteiger partial charge in [0.25, 0.3) is 0 Å². The predicted molar refractivity (Wildman–Crippen MR) is 88.7 cm³/mol. The second-order valence-electron chi connectivity index (χ2n) is 5.57. The Morgan fingerprint density at radius 1 is 1.19 bits per heavy atom. The van der Waals surface area contributed by atoms with Crippen LogP contribution in [0.1, 0.15) is 46.9 Å². The Balaban J connectivity index is 2.01. The van der Waals surface area contributed by atoms with Crippen molar-refractivity contribution in [1.82, 2.24) is 0 Å². The molecular weight excluding hydrogens is 276 g/mol. The van der Waals surface area contributed by atoms with Crippen LogP contribution in [0.15, 0.2) is 29.3 Å². The standard InChI is InChI=1S/C18H18N2S/c1-12-7-9-14(10-8-12)13(2)20-18-16(11-19)15-5-3-4-6-17(15)21-18/h7-10H,3-6H2,1-2H3/b20-13+. The Morgan fingerprint density at radius 2 is 1.90 bits per heavy atom. The van der Waals surface area contributed by atoms with Crippen LogP contribution in [0.2, 0.25) is 0 Å². The van der Waals surface area contributed by atoms with E-state index in [4.69, 9.17) is 4.99 Å². The molecule has 0 saturated carbocycles. The van der Waals surface area contributed by atoms with E-state index in [0.29, 0.717) is 0 Å². The van der Waals surface area contributed by atoms with Gasteiger partial charge in [-0.05, 0) is 50.7 Å². The van der Waals surface area contributed by atoms with Gasteiger partial charge in [-0.25, -0.2) is 4.99 Å². The van der Waals surface area contributed by atoms with Gasteiger partial charge in [-0.2, -0.15) is 5.26 Å². The first-order valence-electron chi connectivity index (χ1n) is 7.36. The summed E-state index contributed by atoms with van der Waals surface area (Å²) in [7, 11) is 0. The van der Waals surface area contributed by atoms with E-state index in [-0.39, 0.29) is 0 Å². The third-order valence-electron chi connectivity index (χ3n) is 4.00. The fraction of sp³-hybridized carbons (Fsp3) is 0.333. The lowest BCUT2D eigenvalue weighted by Gasteiger charge is -2.09. The summed E-state index contributed by atoms with van der Waals surface area (Å²) in [6.45, 7) is 4.10. The van der Waals surface area contributed by atoms with Gasteiger partial charge in [0, 0.05) is 10.6 Å². The summed E-state index contributed by atoms with van der Waals surface area (Å²) in [5, 5.41) is 10.4. The third-order valence-corrected chi connectivity index (χ3v) is 5.19. The van der Waals surface area contributed by atoms with Crippen molar-refractivity contribution in [2.75, 3.05) is 0 Å². The van der Waals surface area contributed by atoms with Crippen molar-refractivity contribution in [3.8, 4) is 6.07 Å². The molecule has 1 heterocycles. The third kappa shape index (κ3) is 2.77. The first-order valence-corrected chi connectivity index (χ1v) is 8.17. The molecule has 0 atom stereocenters. The molecule has 1 aromatic carbocycles. The number of hydrogen-bond donors (Lipinski definition) is 0. The molecule has 1 aromatic heterocycles. The Hall–Kier alpha value is -1.92.